The molecule has 3 aromatic rings. The van der Waals surface area contributed by atoms with Crippen LogP contribution in [0.5, 0.6) is 0 Å². The highest BCUT2D eigenvalue weighted by molar-refractivity contribution is 8.13. The van der Waals surface area contributed by atoms with Gasteiger partial charge in [0.1, 0.15) is 0 Å². The lowest BCUT2D eigenvalue weighted by Crippen LogP contribution is -2.18. The van der Waals surface area contributed by atoms with Gasteiger partial charge in [-0.1, -0.05) is 0 Å². The number of sulfonamides is 1. The van der Waals surface area contributed by atoms with Crippen LogP contribution in [0.15, 0.2) is 46.2 Å². The van der Waals surface area contributed by atoms with E-state index in [0.717, 1.165) is 9.40 Å². The number of fused-ring (bicyclic) bond motifs is 3. The maximum Gasteiger partial charge on any atom is 0.261 e. The second-order valence-corrected chi connectivity index (χ2v) is 10.1. The summed E-state index contributed by atoms with van der Waals surface area (Å²) >= 11 is 1.45. The van der Waals surface area contributed by atoms with E-state index in [0.29, 0.717) is 10.8 Å². The lowest BCUT2D eigenvalue weighted by atomic mass is 10.1. The van der Waals surface area contributed by atoms with Crippen molar-refractivity contribution in [1.82, 2.24) is 4.72 Å². The van der Waals surface area contributed by atoms with Crippen molar-refractivity contribution in [3.63, 3.8) is 0 Å². The first-order chi connectivity index (χ1) is 10.2. The Morgan fingerprint density at radius 1 is 0.909 bits per heavy atom. The minimum Gasteiger partial charge on any atom is -0.214 e. The highest BCUT2D eigenvalue weighted by Gasteiger charge is 2.16. The van der Waals surface area contributed by atoms with E-state index >= 15 is 0 Å². The van der Waals surface area contributed by atoms with Crippen molar-refractivity contribution < 1.29 is 16.8 Å². The Hall–Kier alpha value is -1.19. The number of benzene rings is 2. The molecule has 5 nitrogen and oxygen atoms in total. The molecule has 0 aliphatic heterocycles. The maximum atomic E-state index is 11.9. The predicted molar refractivity (Wildman–Crippen MR) is 88.6 cm³/mol. The van der Waals surface area contributed by atoms with Gasteiger partial charge in [-0.3, -0.25) is 0 Å². The quantitative estimate of drug-likeness (QED) is 0.714. The van der Waals surface area contributed by atoms with E-state index in [1.165, 1.54) is 42.6 Å². The number of thiophene rings is 1. The lowest BCUT2D eigenvalue weighted by molar-refractivity contribution is 0.588. The van der Waals surface area contributed by atoms with Gasteiger partial charge < -0.3 is 0 Å². The second-order valence-electron chi connectivity index (χ2n) is 4.56. The van der Waals surface area contributed by atoms with Gasteiger partial charge >= 0.3 is 0 Å². The first-order valence-corrected chi connectivity index (χ1v) is 10.7. The summed E-state index contributed by atoms with van der Waals surface area (Å²) in [5, 5.41) is 1.34. The summed E-state index contributed by atoms with van der Waals surface area (Å²) in [5.41, 5.74) is 0. The zero-order chi connectivity index (χ0) is 16.1. The molecule has 0 atom stereocenters. The van der Waals surface area contributed by atoms with Crippen molar-refractivity contribution in [3.8, 4) is 0 Å². The Bertz CT molecular complexity index is 1100. The molecule has 1 N–H and O–H groups in total. The summed E-state index contributed by atoms with van der Waals surface area (Å²) < 4.78 is 50.7. The number of rotatable bonds is 3. The minimum atomic E-state index is -3.84. The summed E-state index contributed by atoms with van der Waals surface area (Å²) in [6.45, 7) is 0. The first-order valence-electron chi connectivity index (χ1n) is 6.07. The number of halogens is 1. The Morgan fingerprint density at radius 2 is 1.41 bits per heavy atom. The van der Waals surface area contributed by atoms with E-state index in [1.54, 1.807) is 12.1 Å². The number of hydrogen-bond donors (Lipinski definition) is 1. The average molecular weight is 376 g/mol. The van der Waals surface area contributed by atoms with Gasteiger partial charge in [-0.2, -0.15) is 0 Å². The summed E-state index contributed by atoms with van der Waals surface area (Å²) in [5.74, 6) is 0. The van der Waals surface area contributed by atoms with Crippen molar-refractivity contribution in [2.45, 2.75) is 9.79 Å². The van der Waals surface area contributed by atoms with Crippen molar-refractivity contribution in [1.29, 1.82) is 0 Å². The first kappa shape index (κ1) is 15.7. The molecule has 0 fully saturated rings. The highest BCUT2D eigenvalue weighted by Crippen LogP contribution is 2.36. The molecule has 0 unspecified atom stereocenters. The van der Waals surface area contributed by atoms with Crippen molar-refractivity contribution in [3.05, 3.63) is 36.4 Å². The van der Waals surface area contributed by atoms with Gasteiger partial charge in [-0.25, -0.2) is 21.6 Å². The largest absolute Gasteiger partial charge is 0.261 e. The third-order valence-electron chi connectivity index (χ3n) is 3.27. The molecule has 0 saturated heterocycles. The van der Waals surface area contributed by atoms with Gasteiger partial charge in [0.25, 0.3) is 9.05 Å². The van der Waals surface area contributed by atoms with E-state index in [2.05, 4.69) is 4.72 Å². The van der Waals surface area contributed by atoms with Crippen LogP contribution in [-0.2, 0) is 19.1 Å². The van der Waals surface area contributed by atoms with Gasteiger partial charge in [0, 0.05) is 30.9 Å². The van der Waals surface area contributed by atoms with Crippen LogP contribution in [0, 0.1) is 0 Å². The van der Waals surface area contributed by atoms with Crippen LogP contribution in [0.25, 0.3) is 20.2 Å². The number of hydrogen-bond acceptors (Lipinski definition) is 5. The normalized spacial score (nSPS) is 13.0. The molecule has 0 aliphatic rings. The third kappa shape index (κ3) is 2.61. The van der Waals surface area contributed by atoms with Gasteiger partial charge in [0.05, 0.1) is 9.79 Å². The van der Waals surface area contributed by atoms with Crippen molar-refractivity contribution in [2.75, 3.05) is 7.05 Å². The van der Waals surface area contributed by atoms with Crippen LogP contribution in [0.1, 0.15) is 0 Å². The smallest absolute Gasteiger partial charge is 0.214 e. The summed E-state index contributed by atoms with van der Waals surface area (Å²) in [6.07, 6.45) is 0. The zero-order valence-corrected chi connectivity index (χ0v) is 14.4. The number of nitrogens with one attached hydrogen (secondary N) is 1. The maximum absolute atomic E-state index is 11.9. The summed E-state index contributed by atoms with van der Waals surface area (Å²) in [4.78, 5) is 0.115. The molecule has 0 aliphatic carbocycles. The molecule has 9 heteroatoms. The predicted octanol–water partition coefficient (Wildman–Crippen LogP) is 2.89. The monoisotopic (exact) mass is 375 g/mol. The molecular weight excluding hydrogens is 366 g/mol. The molecule has 1 aromatic heterocycles. The van der Waals surface area contributed by atoms with Crippen LogP contribution in [0.2, 0.25) is 0 Å². The Kier molecular flexibility index (Phi) is 3.69. The summed E-state index contributed by atoms with van der Waals surface area (Å²) in [7, 11) is -0.692. The van der Waals surface area contributed by atoms with Gasteiger partial charge in [0.15, 0.2) is 0 Å². The Balaban J connectivity index is 2.37. The molecule has 0 bridgehead atoms. The Morgan fingerprint density at radius 3 is 1.91 bits per heavy atom. The van der Waals surface area contributed by atoms with Crippen molar-refractivity contribution >= 4 is 61.3 Å². The molecule has 0 spiro atoms. The van der Waals surface area contributed by atoms with Gasteiger partial charge in [-0.15, -0.1) is 11.3 Å². The standard InChI is InChI=1S/C13H10ClNO4S3/c1-15-22(18,19)9-3-5-13-11(7-9)10-6-8(21(14,16)17)2-4-12(10)20-13/h2-7,15H,1H3. The zero-order valence-electron chi connectivity index (χ0n) is 11.2. The second kappa shape index (κ2) is 5.17. The Labute approximate surface area is 136 Å². The fourth-order valence-electron chi connectivity index (χ4n) is 2.17. The van der Waals surface area contributed by atoms with E-state index in [1.807, 2.05) is 0 Å². The molecule has 1 heterocycles. The van der Waals surface area contributed by atoms with E-state index in [9.17, 15) is 16.8 Å². The molecule has 0 radical (unpaired) electrons. The van der Waals surface area contributed by atoms with Crippen LogP contribution < -0.4 is 4.72 Å². The van der Waals surface area contributed by atoms with Crippen LogP contribution >= 0.6 is 22.0 Å². The lowest BCUT2D eigenvalue weighted by Gasteiger charge is -2.02. The van der Waals surface area contributed by atoms with Crippen LogP contribution in [0.4, 0.5) is 0 Å². The fraction of sp³-hybridized carbons (Fsp3) is 0.0769. The summed E-state index contributed by atoms with van der Waals surface area (Å²) in [6, 6.07) is 9.32. The van der Waals surface area contributed by atoms with Gasteiger partial charge in [0.2, 0.25) is 10.0 Å². The SMILES string of the molecule is CNS(=O)(=O)c1ccc2sc3ccc(S(=O)(=O)Cl)cc3c2c1. The average Bonchev–Trinajstić information content (AvgIpc) is 2.83. The molecule has 3 rings (SSSR count). The van der Waals surface area contributed by atoms with Crippen molar-refractivity contribution in [2.24, 2.45) is 0 Å². The van der Waals surface area contributed by atoms with E-state index < -0.39 is 19.1 Å². The molecule has 22 heavy (non-hydrogen) atoms. The molecule has 0 amide bonds. The molecule has 2 aromatic carbocycles. The van der Waals surface area contributed by atoms with Gasteiger partial charge in [-0.05, 0) is 43.4 Å². The molecule has 0 saturated carbocycles. The van der Waals surface area contributed by atoms with Crippen LogP contribution in [0.3, 0.4) is 0 Å². The topological polar surface area (TPSA) is 80.3 Å². The fourth-order valence-corrected chi connectivity index (χ4v) is 4.77. The highest BCUT2D eigenvalue weighted by atomic mass is 35.7. The van der Waals surface area contributed by atoms with Crippen LogP contribution in [-0.4, -0.2) is 23.9 Å². The minimum absolute atomic E-state index is 0.0109. The van der Waals surface area contributed by atoms with E-state index in [-0.39, 0.29) is 9.79 Å². The molecule has 116 valence electrons. The third-order valence-corrected chi connectivity index (χ3v) is 7.19. The van der Waals surface area contributed by atoms with E-state index in [4.69, 9.17) is 10.7 Å². The molecular formula is C13H10ClNO4S3.